The molecule has 9 heteroatoms. The van der Waals surface area contributed by atoms with Crippen molar-refractivity contribution in [3.63, 3.8) is 0 Å². The van der Waals surface area contributed by atoms with Crippen molar-refractivity contribution in [1.29, 1.82) is 0 Å². The molecule has 0 aliphatic carbocycles. The Morgan fingerprint density at radius 3 is 2.45 bits per heavy atom. The SMILES string of the molecule is O=C(NCC#Cc1cccc(C(F)(F)F)c1)c1ccccc1S(=O)(=O)N1CCCCC1. The molecule has 1 fully saturated rings. The minimum absolute atomic E-state index is 0.00828. The van der Waals surface area contributed by atoms with Gasteiger partial charge in [-0.2, -0.15) is 17.5 Å². The number of nitrogens with one attached hydrogen (secondary N) is 1. The first-order valence-electron chi connectivity index (χ1n) is 9.73. The molecule has 1 N–H and O–H groups in total. The summed E-state index contributed by atoms with van der Waals surface area (Å²) in [5.41, 5.74) is -0.633. The third-order valence-corrected chi connectivity index (χ3v) is 6.78. The molecule has 0 aromatic heterocycles. The van der Waals surface area contributed by atoms with Crippen molar-refractivity contribution in [3.8, 4) is 11.8 Å². The fourth-order valence-electron chi connectivity index (χ4n) is 3.26. The van der Waals surface area contributed by atoms with Crippen molar-refractivity contribution >= 4 is 15.9 Å². The molecule has 1 aliphatic rings. The maximum atomic E-state index is 13.0. The van der Waals surface area contributed by atoms with Crippen LogP contribution >= 0.6 is 0 Å². The third kappa shape index (κ3) is 5.66. The summed E-state index contributed by atoms with van der Waals surface area (Å²) in [4.78, 5) is 12.5. The Morgan fingerprint density at radius 1 is 1.03 bits per heavy atom. The van der Waals surface area contributed by atoms with Crippen LogP contribution in [0.25, 0.3) is 0 Å². The standard InChI is InChI=1S/C22H21F3N2O3S/c23-22(24,25)18-10-6-8-17(16-18)9-7-13-26-21(28)19-11-2-3-12-20(19)31(29,30)27-14-4-1-5-15-27/h2-3,6,8,10-12,16H,1,4-5,13-15H2,(H,26,28). The van der Waals surface area contributed by atoms with Crippen LogP contribution in [-0.4, -0.2) is 38.3 Å². The van der Waals surface area contributed by atoms with Crippen LogP contribution in [0.2, 0.25) is 0 Å². The number of alkyl halides is 3. The lowest BCUT2D eigenvalue weighted by atomic mass is 10.1. The highest BCUT2D eigenvalue weighted by Gasteiger charge is 2.30. The molecule has 1 aliphatic heterocycles. The summed E-state index contributed by atoms with van der Waals surface area (Å²) >= 11 is 0. The largest absolute Gasteiger partial charge is 0.416 e. The highest BCUT2D eigenvalue weighted by molar-refractivity contribution is 7.89. The molecule has 2 aromatic rings. The highest BCUT2D eigenvalue weighted by atomic mass is 32.2. The lowest BCUT2D eigenvalue weighted by molar-refractivity contribution is -0.137. The molecule has 1 amide bonds. The van der Waals surface area contributed by atoms with Crippen LogP contribution in [0.5, 0.6) is 0 Å². The van der Waals surface area contributed by atoms with Crippen LogP contribution in [0.1, 0.15) is 40.7 Å². The topological polar surface area (TPSA) is 66.5 Å². The molecule has 2 aromatic carbocycles. The van der Waals surface area contributed by atoms with E-state index in [1.54, 1.807) is 12.1 Å². The van der Waals surface area contributed by atoms with Crippen LogP contribution in [0.4, 0.5) is 13.2 Å². The predicted octanol–water partition coefficient (Wildman–Crippen LogP) is 3.66. The number of rotatable bonds is 4. The molecule has 1 saturated heterocycles. The quantitative estimate of drug-likeness (QED) is 0.723. The Kier molecular flexibility index (Phi) is 7.03. The number of amides is 1. The van der Waals surface area contributed by atoms with E-state index in [0.29, 0.717) is 13.1 Å². The molecular weight excluding hydrogens is 429 g/mol. The van der Waals surface area contributed by atoms with Gasteiger partial charge in [-0.15, -0.1) is 0 Å². The van der Waals surface area contributed by atoms with Gasteiger partial charge in [0.05, 0.1) is 22.6 Å². The van der Waals surface area contributed by atoms with Crippen LogP contribution in [-0.2, 0) is 16.2 Å². The zero-order valence-corrected chi connectivity index (χ0v) is 17.4. The van der Waals surface area contributed by atoms with E-state index in [0.717, 1.165) is 31.4 Å². The zero-order chi connectivity index (χ0) is 22.5. The second kappa shape index (κ2) is 9.54. The van der Waals surface area contributed by atoms with E-state index in [-0.39, 0.29) is 22.6 Å². The number of halogens is 3. The summed E-state index contributed by atoms with van der Waals surface area (Å²) < 4.78 is 65.6. The maximum absolute atomic E-state index is 13.0. The average Bonchev–Trinajstić information content (AvgIpc) is 2.77. The Hall–Kier alpha value is -2.83. The molecule has 0 spiro atoms. The molecular formula is C22H21F3N2O3S. The molecule has 0 radical (unpaired) electrons. The van der Waals surface area contributed by atoms with E-state index in [1.807, 2.05) is 0 Å². The summed E-state index contributed by atoms with van der Waals surface area (Å²) in [5, 5.41) is 2.51. The van der Waals surface area contributed by atoms with E-state index in [2.05, 4.69) is 17.2 Å². The van der Waals surface area contributed by atoms with E-state index in [9.17, 15) is 26.4 Å². The van der Waals surface area contributed by atoms with Crippen LogP contribution in [0.3, 0.4) is 0 Å². The molecule has 3 rings (SSSR count). The van der Waals surface area contributed by atoms with E-state index in [4.69, 9.17) is 0 Å². The number of nitrogens with zero attached hydrogens (tertiary/aromatic N) is 1. The molecule has 0 saturated carbocycles. The average molecular weight is 450 g/mol. The number of sulfonamides is 1. The third-order valence-electron chi connectivity index (χ3n) is 4.82. The predicted molar refractivity (Wildman–Crippen MR) is 110 cm³/mol. The number of carbonyl (C=O) groups excluding carboxylic acids is 1. The van der Waals surface area contributed by atoms with Gasteiger partial charge >= 0.3 is 6.18 Å². The molecule has 5 nitrogen and oxygen atoms in total. The monoisotopic (exact) mass is 450 g/mol. The van der Waals surface area contributed by atoms with Gasteiger partial charge in [0.15, 0.2) is 0 Å². The van der Waals surface area contributed by atoms with Crippen molar-refractivity contribution in [2.24, 2.45) is 0 Å². The Morgan fingerprint density at radius 2 is 1.74 bits per heavy atom. The highest BCUT2D eigenvalue weighted by Crippen LogP contribution is 2.29. The van der Waals surface area contributed by atoms with Gasteiger partial charge in [-0.05, 0) is 43.2 Å². The summed E-state index contributed by atoms with van der Waals surface area (Å²) in [6.45, 7) is 0.689. The minimum Gasteiger partial charge on any atom is -0.341 e. The van der Waals surface area contributed by atoms with Gasteiger partial charge in [0.25, 0.3) is 5.91 Å². The lowest BCUT2D eigenvalue weighted by Gasteiger charge is -2.26. The maximum Gasteiger partial charge on any atom is 0.416 e. The van der Waals surface area contributed by atoms with E-state index in [1.165, 1.54) is 28.6 Å². The molecule has 164 valence electrons. The van der Waals surface area contributed by atoms with Crippen molar-refractivity contribution in [2.75, 3.05) is 19.6 Å². The number of hydrogen-bond acceptors (Lipinski definition) is 3. The van der Waals surface area contributed by atoms with Gasteiger partial charge < -0.3 is 5.32 Å². The minimum atomic E-state index is -4.46. The second-order valence-corrected chi connectivity index (χ2v) is 8.93. The summed E-state index contributed by atoms with van der Waals surface area (Å²) in [7, 11) is -3.80. The first-order chi connectivity index (χ1) is 14.7. The normalized spacial score (nSPS) is 15.1. The van der Waals surface area contributed by atoms with Crippen molar-refractivity contribution in [3.05, 3.63) is 65.2 Å². The van der Waals surface area contributed by atoms with Crippen LogP contribution in [0, 0.1) is 11.8 Å². The Bertz CT molecular complexity index is 1110. The summed E-state index contributed by atoms with van der Waals surface area (Å²) in [6, 6.07) is 10.5. The number of hydrogen-bond donors (Lipinski definition) is 1. The number of benzene rings is 2. The fourth-order valence-corrected chi connectivity index (χ4v) is 4.97. The van der Waals surface area contributed by atoms with Gasteiger partial charge in [-0.1, -0.05) is 36.5 Å². The number of piperidine rings is 1. The Balaban J connectivity index is 1.71. The van der Waals surface area contributed by atoms with Gasteiger partial charge in [-0.3, -0.25) is 4.79 Å². The summed E-state index contributed by atoms with van der Waals surface area (Å²) in [6.07, 6.45) is -1.94. The van der Waals surface area contributed by atoms with Gasteiger partial charge in [0.2, 0.25) is 10.0 Å². The molecule has 0 atom stereocenters. The van der Waals surface area contributed by atoms with E-state index >= 15 is 0 Å². The van der Waals surface area contributed by atoms with Gasteiger partial charge in [-0.25, -0.2) is 8.42 Å². The molecule has 31 heavy (non-hydrogen) atoms. The fraction of sp³-hybridized carbons (Fsp3) is 0.318. The van der Waals surface area contributed by atoms with Crippen molar-refractivity contribution in [1.82, 2.24) is 9.62 Å². The van der Waals surface area contributed by atoms with Gasteiger partial charge in [0.1, 0.15) is 0 Å². The van der Waals surface area contributed by atoms with Gasteiger partial charge in [0, 0.05) is 18.7 Å². The van der Waals surface area contributed by atoms with E-state index < -0.39 is 27.7 Å². The van der Waals surface area contributed by atoms with Crippen LogP contribution in [0.15, 0.2) is 53.4 Å². The van der Waals surface area contributed by atoms with Crippen LogP contribution < -0.4 is 5.32 Å². The summed E-state index contributed by atoms with van der Waals surface area (Å²) in [5.74, 6) is 4.55. The first kappa shape index (κ1) is 22.8. The molecule has 0 bridgehead atoms. The van der Waals surface area contributed by atoms with Crippen molar-refractivity contribution in [2.45, 2.75) is 30.3 Å². The lowest BCUT2D eigenvalue weighted by Crippen LogP contribution is -2.37. The smallest absolute Gasteiger partial charge is 0.341 e. The molecule has 0 unspecified atom stereocenters. The first-order valence-corrected chi connectivity index (χ1v) is 11.2. The van der Waals surface area contributed by atoms with Crippen molar-refractivity contribution < 1.29 is 26.4 Å². The zero-order valence-electron chi connectivity index (χ0n) is 16.6. The Labute approximate surface area is 179 Å². The second-order valence-electron chi connectivity index (χ2n) is 7.02. The molecule has 1 heterocycles. The number of carbonyl (C=O) groups is 1.